The van der Waals surface area contributed by atoms with Gasteiger partial charge in [0, 0.05) is 12.3 Å². The predicted octanol–water partition coefficient (Wildman–Crippen LogP) is 1.38. The van der Waals surface area contributed by atoms with Gasteiger partial charge in [-0.1, -0.05) is 0 Å². The molecule has 9 nitrogen and oxygen atoms in total. The van der Waals surface area contributed by atoms with Crippen LogP contribution in [0, 0.1) is 0 Å². The zero-order valence-electron chi connectivity index (χ0n) is 13.3. The van der Waals surface area contributed by atoms with E-state index in [0.717, 1.165) is 4.57 Å². The number of H-pyrrole nitrogens is 1. The maximum Gasteiger partial charge on any atom is 0.475 e. The Hall–Kier alpha value is -0.960. The Morgan fingerprint density at radius 2 is 2.21 bits per heavy atom. The molecule has 2 aliphatic rings. The van der Waals surface area contributed by atoms with Crippen molar-refractivity contribution in [2.24, 2.45) is 0 Å². The molecule has 134 valence electrons. The third-order valence-electron chi connectivity index (χ3n) is 3.76. The minimum absolute atomic E-state index is 0.0500. The van der Waals surface area contributed by atoms with E-state index in [0.29, 0.717) is 0 Å². The van der Waals surface area contributed by atoms with Crippen LogP contribution in [0.5, 0.6) is 0 Å². The maximum atomic E-state index is 12.5. The summed E-state index contributed by atoms with van der Waals surface area (Å²) in [6.07, 6.45) is -1.47. The molecule has 1 aromatic rings. The number of nitrogens with one attached hydrogen (secondary N) is 1. The molecular weight excluding hydrogens is 363 g/mol. The molecule has 1 unspecified atom stereocenters. The van der Waals surface area contributed by atoms with Crippen LogP contribution in [0.1, 0.15) is 27.0 Å². The number of hydrogen-bond donors (Lipinski definition) is 1. The number of alkyl halides is 1. The highest BCUT2D eigenvalue weighted by Crippen LogP contribution is 2.60. The first-order chi connectivity index (χ1) is 11.1. The van der Waals surface area contributed by atoms with Crippen LogP contribution in [0.15, 0.2) is 21.9 Å². The van der Waals surface area contributed by atoms with Gasteiger partial charge in [-0.25, -0.2) is 9.36 Å². The second kappa shape index (κ2) is 6.09. The first-order valence-corrected chi connectivity index (χ1v) is 9.23. The van der Waals surface area contributed by atoms with E-state index in [1.54, 1.807) is 20.8 Å². The minimum atomic E-state index is -3.77. The van der Waals surface area contributed by atoms with E-state index >= 15 is 0 Å². The molecule has 2 fully saturated rings. The van der Waals surface area contributed by atoms with E-state index in [4.69, 9.17) is 29.9 Å². The summed E-state index contributed by atoms with van der Waals surface area (Å²) in [5.41, 5.74) is -1.20. The zero-order chi connectivity index (χ0) is 17.7. The van der Waals surface area contributed by atoms with E-state index in [-0.39, 0.29) is 12.7 Å². The zero-order valence-corrected chi connectivity index (χ0v) is 15.0. The highest BCUT2D eigenvalue weighted by atomic mass is 35.5. The van der Waals surface area contributed by atoms with Gasteiger partial charge in [-0.05, 0) is 20.8 Å². The lowest BCUT2D eigenvalue weighted by atomic mass is 10.0. The third-order valence-corrected chi connectivity index (χ3v) is 5.80. The van der Waals surface area contributed by atoms with Crippen molar-refractivity contribution in [2.45, 2.75) is 50.2 Å². The molecule has 2 aliphatic heterocycles. The highest BCUT2D eigenvalue weighted by Gasteiger charge is 2.60. The van der Waals surface area contributed by atoms with Crippen LogP contribution in [0.25, 0.3) is 0 Å². The van der Waals surface area contributed by atoms with Gasteiger partial charge < -0.3 is 4.74 Å². The largest absolute Gasteiger partial charge is 0.475 e. The Balaban J connectivity index is 1.91. The van der Waals surface area contributed by atoms with Gasteiger partial charge in [0.2, 0.25) is 0 Å². The molecule has 1 aromatic heterocycles. The number of fused-ring (bicyclic) bond motifs is 1. The minimum Gasteiger partial charge on any atom is -0.347 e. The molecule has 24 heavy (non-hydrogen) atoms. The Kier molecular flexibility index (Phi) is 4.53. The molecule has 3 rings (SSSR count). The molecule has 0 bridgehead atoms. The van der Waals surface area contributed by atoms with Crippen molar-refractivity contribution in [3.05, 3.63) is 33.1 Å². The van der Waals surface area contributed by atoms with Gasteiger partial charge in [0.05, 0.1) is 12.7 Å². The van der Waals surface area contributed by atoms with Crippen molar-refractivity contribution >= 4 is 19.4 Å². The fraction of sp³-hybridized carbons (Fsp3) is 0.692. The standard InChI is InChI=1S/C13H18ClN2O7P/c1-7(2)22-24(19)20-6-8-10(23-24)13(3,14)11(21-8)16-5-4-9(17)15-12(16)18/h4-5,7-8,10-11H,6H2,1-3H3,(H,15,17,18)/t8-,10-,11-,13-,24?/m1/s1. The van der Waals surface area contributed by atoms with Gasteiger partial charge in [0.1, 0.15) is 17.1 Å². The monoisotopic (exact) mass is 380 g/mol. The normalized spacial score (nSPS) is 39.1. The number of aromatic nitrogens is 2. The first kappa shape index (κ1) is 17.8. The Morgan fingerprint density at radius 1 is 1.50 bits per heavy atom. The molecule has 0 spiro atoms. The molecule has 11 heteroatoms. The number of aromatic amines is 1. The summed E-state index contributed by atoms with van der Waals surface area (Å²) in [5.74, 6) is 0. The molecule has 0 aromatic carbocycles. The second-order valence-electron chi connectivity index (χ2n) is 6.12. The molecule has 2 saturated heterocycles. The average Bonchev–Trinajstić information content (AvgIpc) is 2.69. The van der Waals surface area contributed by atoms with Gasteiger partial charge in [-0.15, -0.1) is 11.6 Å². The van der Waals surface area contributed by atoms with Gasteiger partial charge >= 0.3 is 13.5 Å². The number of rotatable bonds is 3. The summed E-state index contributed by atoms with van der Waals surface area (Å²) in [7, 11) is -3.77. The van der Waals surface area contributed by atoms with Crippen molar-refractivity contribution < 1.29 is 22.9 Å². The van der Waals surface area contributed by atoms with E-state index in [1.807, 2.05) is 0 Å². The number of halogens is 1. The molecule has 0 amide bonds. The quantitative estimate of drug-likeness (QED) is 0.623. The molecule has 1 N–H and O–H groups in total. The number of phosphoric acid groups is 1. The topological polar surface area (TPSA) is 109 Å². The van der Waals surface area contributed by atoms with Gasteiger partial charge in [0.15, 0.2) is 6.23 Å². The number of phosphoric ester groups is 1. The van der Waals surface area contributed by atoms with Crippen LogP contribution in [0.2, 0.25) is 0 Å². The Morgan fingerprint density at radius 3 is 2.83 bits per heavy atom. The van der Waals surface area contributed by atoms with Crippen molar-refractivity contribution in [3.8, 4) is 0 Å². The Labute approximate surface area is 142 Å². The van der Waals surface area contributed by atoms with E-state index in [9.17, 15) is 14.2 Å². The van der Waals surface area contributed by atoms with Crippen LogP contribution in [-0.4, -0.2) is 39.3 Å². The SMILES string of the molecule is CC(C)OP1(=O)OC[C@H]2O[C@@H](n3ccc(=O)[nH]c3=O)[C@](C)(Cl)[C@@H]2O1. The maximum absolute atomic E-state index is 12.5. The van der Waals surface area contributed by atoms with Crippen LogP contribution in [0.4, 0.5) is 0 Å². The van der Waals surface area contributed by atoms with Crippen LogP contribution >= 0.6 is 19.4 Å². The summed E-state index contributed by atoms with van der Waals surface area (Å²) < 4.78 is 35.4. The first-order valence-electron chi connectivity index (χ1n) is 7.39. The Bertz CT molecular complexity index is 789. The van der Waals surface area contributed by atoms with Crippen molar-refractivity contribution in [1.82, 2.24) is 9.55 Å². The number of nitrogens with zero attached hydrogens (tertiary/aromatic N) is 1. The van der Waals surface area contributed by atoms with Gasteiger partial charge in [0.25, 0.3) is 5.56 Å². The van der Waals surface area contributed by atoms with E-state index < -0.39 is 42.4 Å². The van der Waals surface area contributed by atoms with Crippen LogP contribution in [-0.2, 0) is 22.9 Å². The fourth-order valence-electron chi connectivity index (χ4n) is 2.77. The molecule has 3 heterocycles. The van der Waals surface area contributed by atoms with E-state index in [1.165, 1.54) is 12.3 Å². The highest BCUT2D eigenvalue weighted by molar-refractivity contribution is 7.48. The van der Waals surface area contributed by atoms with Gasteiger partial charge in [-0.3, -0.25) is 27.9 Å². The summed E-state index contributed by atoms with van der Waals surface area (Å²) in [6, 6.07) is 1.18. The van der Waals surface area contributed by atoms with Crippen molar-refractivity contribution in [1.29, 1.82) is 0 Å². The number of hydrogen-bond acceptors (Lipinski definition) is 7. The fourth-order valence-corrected chi connectivity index (χ4v) is 4.82. The lowest BCUT2D eigenvalue weighted by Crippen LogP contribution is -2.45. The smallest absolute Gasteiger partial charge is 0.347 e. The summed E-state index contributed by atoms with van der Waals surface area (Å²) in [6.45, 7) is 4.95. The lowest BCUT2D eigenvalue weighted by Gasteiger charge is -2.35. The van der Waals surface area contributed by atoms with E-state index in [2.05, 4.69) is 4.98 Å². The summed E-state index contributed by atoms with van der Waals surface area (Å²) >= 11 is 6.58. The summed E-state index contributed by atoms with van der Waals surface area (Å²) in [4.78, 5) is 24.1. The lowest BCUT2D eigenvalue weighted by molar-refractivity contribution is -0.0748. The molecule has 5 atom stereocenters. The van der Waals surface area contributed by atoms with Crippen LogP contribution in [0.3, 0.4) is 0 Å². The molecule has 0 aliphatic carbocycles. The predicted molar refractivity (Wildman–Crippen MR) is 84.1 cm³/mol. The number of ether oxygens (including phenoxy) is 1. The molecule has 0 radical (unpaired) electrons. The molecule has 0 saturated carbocycles. The second-order valence-corrected chi connectivity index (χ2v) is 8.51. The molecular formula is C13H18ClN2O7P. The van der Waals surface area contributed by atoms with Crippen LogP contribution < -0.4 is 11.2 Å². The van der Waals surface area contributed by atoms with Gasteiger partial charge in [-0.2, -0.15) is 0 Å². The average molecular weight is 381 g/mol. The van der Waals surface area contributed by atoms with Crippen molar-refractivity contribution in [2.75, 3.05) is 6.61 Å². The summed E-state index contributed by atoms with van der Waals surface area (Å²) in [5, 5.41) is 0. The van der Waals surface area contributed by atoms with Crippen molar-refractivity contribution in [3.63, 3.8) is 0 Å². The third kappa shape index (κ3) is 3.12.